The second-order valence-corrected chi connectivity index (χ2v) is 6.31. The summed E-state index contributed by atoms with van der Waals surface area (Å²) in [6.07, 6.45) is 0.243. The van der Waals surface area contributed by atoms with Crippen molar-refractivity contribution in [1.82, 2.24) is 5.32 Å². The van der Waals surface area contributed by atoms with E-state index >= 15 is 0 Å². The third-order valence-electron chi connectivity index (χ3n) is 3.41. The Morgan fingerprint density at radius 3 is 1.00 bits per heavy atom. The molecule has 176 valence electrons. The molecule has 0 amide bonds. The first-order valence-corrected chi connectivity index (χ1v) is 10.6. The molecule has 0 bridgehead atoms. The van der Waals surface area contributed by atoms with Gasteiger partial charge in [0.05, 0.1) is 105 Å². The smallest absolute Gasteiger partial charge is 0.0703 e. The maximum absolute atomic E-state index is 5.43. The highest BCUT2D eigenvalue weighted by Gasteiger charge is 1.95. The quantitative estimate of drug-likeness (QED) is 0.213. The molecule has 0 aromatic carbocycles. The first-order valence-electron chi connectivity index (χ1n) is 10.6. The Hall–Kier alpha value is -0.360. The van der Waals surface area contributed by atoms with Crippen molar-refractivity contribution in [3.05, 3.63) is 0 Å². The van der Waals surface area contributed by atoms with Crippen LogP contribution in [0.15, 0.2) is 0 Å². The predicted molar refractivity (Wildman–Crippen MR) is 111 cm³/mol. The van der Waals surface area contributed by atoms with Crippen LogP contribution >= 0.6 is 0 Å². The van der Waals surface area contributed by atoms with E-state index < -0.39 is 0 Å². The van der Waals surface area contributed by atoms with Crippen molar-refractivity contribution in [3.8, 4) is 0 Å². The van der Waals surface area contributed by atoms with E-state index in [2.05, 4.69) is 5.32 Å². The lowest BCUT2D eigenvalue weighted by molar-refractivity contribution is -0.0254. The highest BCUT2D eigenvalue weighted by Crippen LogP contribution is 1.88. The average Bonchev–Trinajstić information content (AvgIpc) is 2.71. The lowest BCUT2D eigenvalue weighted by atomic mass is 10.5. The monoisotopic (exact) mass is 425 g/mol. The van der Waals surface area contributed by atoms with Crippen LogP contribution in [0.25, 0.3) is 0 Å². The van der Waals surface area contributed by atoms with Gasteiger partial charge in [-0.05, 0) is 20.9 Å². The van der Waals surface area contributed by atoms with Crippen molar-refractivity contribution in [3.63, 3.8) is 0 Å². The van der Waals surface area contributed by atoms with Crippen LogP contribution in [0.3, 0.4) is 0 Å². The Labute approximate surface area is 176 Å². The topological polar surface area (TPSA) is 85.9 Å². The molecule has 0 unspecified atom stereocenters. The number of hydrogen-bond acceptors (Lipinski definition) is 9. The predicted octanol–water partition coefficient (Wildman–Crippen LogP) is 0.747. The molecule has 9 heteroatoms. The lowest BCUT2D eigenvalue weighted by Crippen LogP contribution is -2.17. The summed E-state index contributed by atoms with van der Waals surface area (Å²) in [6, 6.07) is 0. The number of ether oxygens (including phenoxy) is 8. The summed E-state index contributed by atoms with van der Waals surface area (Å²) in [4.78, 5) is 0. The summed E-state index contributed by atoms with van der Waals surface area (Å²) in [7, 11) is 1.90. The minimum absolute atomic E-state index is 0.243. The zero-order valence-electron chi connectivity index (χ0n) is 18.7. The van der Waals surface area contributed by atoms with Gasteiger partial charge in [-0.2, -0.15) is 0 Å². The van der Waals surface area contributed by atoms with Crippen molar-refractivity contribution in [2.45, 2.75) is 20.0 Å². The van der Waals surface area contributed by atoms with Gasteiger partial charge >= 0.3 is 0 Å². The van der Waals surface area contributed by atoms with E-state index in [0.29, 0.717) is 99.1 Å². The molecular formula is C20H43NO8. The molecule has 0 aliphatic rings. The molecule has 0 heterocycles. The van der Waals surface area contributed by atoms with Gasteiger partial charge < -0.3 is 43.2 Å². The summed E-state index contributed by atoms with van der Waals surface area (Å²) >= 11 is 0. The molecule has 9 nitrogen and oxygen atoms in total. The van der Waals surface area contributed by atoms with Crippen LogP contribution in [0.5, 0.6) is 0 Å². The standard InChI is InChI=1S/C20H43NO8/c1-20(2)29-19-18-28-17-16-27-15-14-26-13-12-25-11-10-24-9-8-23-7-6-22-5-4-21-3/h20-21H,4-19H2,1-3H3. The molecular weight excluding hydrogens is 382 g/mol. The van der Waals surface area contributed by atoms with E-state index in [0.717, 1.165) is 6.54 Å². The van der Waals surface area contributed by atoms with E-state index in [1.807, 2.05) is 20.9 Å². The molecule has 1 N–H and O–H groups in total. The van der Waals surface area contributed by atoms with E-state index in [-0.39, 0.29) is 6.10 Å². The molecule has 0 aromatic rings. The minimum Gasteiger partial charge on any atom is -0.378 e. The van der Waals surface area contributed by atoms with Crippen molar-refractivity contribution < 1.29 is 37.9 Å². The second kappa shape index (κ2) is 25.7. The third-order valence-corrected chi connectivity index (χ3v) is 3.41. The first kappa shape index (κ1) is 28.6. The molecule has 0 spiro atoms. The zero-order chi connectivity index (χ0) is 21.3. The minimum atomic E-state index is 0.243. The molecule has 0 atom stereocenters. The summed E-state index contributed by atoms with van der Waals surface area (Å²) in [6.45, 7) is 13.5. The van der Waals surface area contributed by atoms with Gasteiger partial charge in [-0.15, -0.1) is 0 Å². The van der Waals surface area contributed by atoms with Crippen molar-refractivity contribution in [1.29, 1.82) is 0 Å². The van der Waals surface area contributed by atoms with Crippen LogP contribution in [0.1, 0.15) is 13.8 Å². The van der Waals surface area contributed by atoms with Gasteiger partial charge in [0.15, 0.2) is 0 Å². The maximum atomic E-state index is 5.43. The summed E-state index contributed by atoms with van der Waals surface area (Å²) in [5, 5.41) is 3.02. The van der Waals surface area contributed by atoms with E-state index in [1.165, 1.54) is 0 Å². The van der Waals surface area contributed by atoms with Crippen LogP contribution < -0.4 is 5.32 Å². The van der Waals surface area contributed by atoms with E-state index in [1.54, 1.807) is 0 Å². The van der Waals surface area contributed by atoms with Crippen LogP contribution in [-0.4, -0.2) is 119 Å². The van der Waals surface area contributed by atoms with Crippen LogP contribution in [-0.2, 0) is 37.9 Å². The maximum Gasteiger partial charge on any atom is 0.0703 e. The average molecular weight is 426 g/mol. The third kappa shape index (κ3) is 27.6. The normalized spacial score (nSPS) is 11.6. The van der Waals surface area contributed by atoms with Crippen molar-refractivity contribution in [2.24, 2.45) is 0 Å². The highest BCUT2D eigenvalue weighted by atomic mass is 16.6. The number of rotatable bonds is 25. The van der Waals surface area contributed by atoms with Crippen molar-refractivity contribution in [2.75, 3.05) is 113 Å². The van der Waals surface area contributed by atoms with Gasteiger partial charge in [0.1, 0.15) is 0 Å². The van der Waals surface area contributed by atoms with Crippen molar-refractivity contribution >= 4 is 0 Å². The largest absolute Gasteiger partial charge is 0.378 e. The molecule has 0 saturated carbocycles. The molecule has 0 rings (SSSR count). The Morgan fingerprint density at radius 2 is 0.724 bits per heavy atom. The SMILES string of the molecule is CNCCOCCOCCOCCOCCOCCOCCOCCOC(C)C. The van der Waals surface area contributed by atoms with Crippen LogP contribution in [0.4, 0.5) is 0 Å². The van der Waals surface area contributed by atoms with Gasteiger partial charge in [-0.3, -0.25) is 0 Å². The lowest BCUT2D eigenvalue weighted by Gasteiger charge is -2.09. The van der Waals surface area contributed by atoms with E-state index in [4.69, 9.17) is 37.9 Å². The number of nitrogens with one attached hydrogen (secondary N) is 1. The molecule has 0 aliphatic carbocycles. The molecule has 0 aromatic heterocycles. The second-order valence-electron chi connectivity index (χ2n) is 6.31. The Kier molecular flexibility index (Phi) is 25.4. The van der Waals surface area contributed by atoms with Gasteiger partial charge in [0.25, 0.3) is 0 Å². The van der Waals surface area contributed by atoms with Crippen LogP contribution in [0.2, 0.25) is 0 Å². The summed E-state index contributed by atoms with van der Waals surface area (Å²) in [5.41, 5.74) is 0. The van der Waals surface area contributed by atoms with E-state index in [9.17, 15) is 0 Å². The number of hydrogen-bond donors (Lipinski definition) is 1. The fourth-order valence-corrected chi connectivity index (χ4v) is 1.94. The summed E-state index contributed by atoms with van der Waals surface area (Å²) in [5.74, 6) is 0. The number of likely N-dealkylation sites (N-methyl/N-ethyl adjacent to an activating group) is 1. The van der Waals surface area contributed by atoms with Gasteiger partial charge in [0, 0.05) is 6.54 Å². The molecule has 29 heavy (non-hydrogen) atoms. The van der Waals surface area contributed by atoms with Crippen LogP contribution in [0, 0.1) is 0 Å². The first-order chi connectivity index (χ1) is 14.3. The molecule has 0 saturated heterocycles. The Bertz CT molecular complexity index is 298. The Balaban J connectivity index is 2.98. The van der Waals surface area contributed by atoms with Gasteiger partial charge in [0.2, 0.25) is 0 Å². The fraction of sp³-hybridized carbons (Fsp3) is 1.00. The summed E-state index contributed by atoms with van der Waals surface area (Å²) < 4.78 is 43.2. The zero-order valence-corrected chi connectivity index (χ0v) is 18.7. The highest BCUT2D eigenvalue weighted by molar-refractivity contribution is 4.39. The molecule has 0 radical (unpaired) electrons. The molecule has 0 aliphatic heterocycles. The molecule has 0 fully saturated rings. The fourth-order valence-electron chi connectivity index (χ4n) is 1.94. The van der Waals surface area contributed by atoms with Gasteiger partial charge in [-0.25, -0.2) is 0 Å². The van der Waals surface area contributed by atoms with Gasteiger partial charge in [-0.1, -0.05) is 0 Å². The Morgan fingerprint density at radius 1 is 0.448 bits per heavy atom.